The number of hydrogen-bond acceptors (Lipinski definition) is 6. The summed E-state index contributed by atoms with van der Waals surface area (Å²) in [7, 11) is -3.10. The number of amidine groups is 1. The molecule has 1 fully saturated rings. The Morgan fingerprint density at radius 1 is 1.13 bits per heavy atom. The molecule has 2 aliphatic rings. The minimum absolute atomic E-state index is 0.0682. The van der Waals surface area contributed by atoms with Crippen LogP contribution in [0.25, 0.3) is 0 Å². The van der Waals surface area contributed by atoms with Gasteiger partial charge in [0.1, 0.15) is 0 Å². The fourth-order valence-corrected chi connectivity index (χ4v) is 6.61. The SMILES string of the molecule is Cc1ccc(N2C(SCC(=O)Nc3cccc(C)c3C)=N[C@@H]3CS(=O)(=O)C[C@H]32)cc1. The Kier molecular flexibility index (Phi) is 5.63. The zero-order chi connectivity index (χ0) is 21.5. The number of anilines is 2. The summed E-state index contributed by atoms with van der Waals surface area (Å²) in [6, 6.07) is 13.3. The van der Waals surface area contributed by atoms with Gasteiger partial charge in [0.05, 0.1) is 29.3 Å². The molecule has 0 spiro atoms. The molecule has 2 aromatic rings. The van der Waals surface area contributed by atoms with Crippen LogP contribution in [0, 0.1) is 20.8 Å². The van der Waals surface area contributed by atoms with E-state index in [1.165, 1.54) is 11.8 Å². The molecule has 1 amide bonds. The zero-order valence-corrected chi connectivity index (χ0v) is 18.9. The van der Waals surface area contributed by atoms with Gasteiger partial charge in [-0.15, -0.1) is 0 Å². The smallest absolute Gasteiger partial charge is 0.234 e. The van der Waals surface area contributed by atoms with Crippen molar-refractivity contribution in [2.75, 3.05) is 27.5 Å². The predicted octanol–water partition coefficient (Wildman–Crippen LogP) is 3.33. The highest BCUT2D eigenvalue weighted by Gasteiger charge is 2.47. The monoisotopic (exact) mass is 443 g/mol. The highest BCUT2D eigenvalue weighted by Crippen LogP contribution is 2.35. The third-order valence-electron chi connectivity index (χ3n) is 5.63. The van der Waals surface area contributed by atoms with E-state index in [-0.39, 0.29) is 35.2 Å². The van der Waals surface area contributed by atoms with E-state index in [1.54, 1.807) is 0 Å². The minimum atomic E-state index is -3.10. The van der Waals surface area contributed by atoms with Crippen LogP contribution in [-0.2, 0) is 14.6 Å². The molecule has 2 heterocycles. The summed E-state index contributed by atoms with van der Waals surface area (Å²) >= 11 is 1.35. The normalized spacial score (nSPS) is 22.0. The van der Waals surface area contributed by atoms with Crippen LogP contribution in [-0.4, -0.2) is 48.8 Å². The number of nitrogens with one attached hydrogen (secondary N) is 1. The molecule has 4 rings (SSSR count). The number of carbonyl (C=O) groups excluding carboxylic acids is 1. The van der Waals surface area contributed by atoms with Gasteiger partial charge >= 0.3 is 0 Å². The fraction of sp³-hybridized carbons (Fsp3) is 0.364. The third kappa shape index (κ3) is 4.25. The van der Waals surface area contributed by atoms with Crippen LogP contribution in [0.1, 0.15) is 16.7 Å². The van der Waals surface area contributed by atoms with E-state index in [0.29, 0.717) is 5.17 Å². The van der Waals surface area contributed by atoms with Crippen molar-refractivity contribution in [3.05, 3.63) is 59.2 Å². The highest BCUT2D eigenvalue weighted by molar-refractivity contribution is 8.14. The summed E-state index contributed by atoms with van der Waals surface area (Å²) in [5.74, 6) is 0.262. The maximum Gasteiger partial charge on any atom is 0.234 e. The lowest BCUT2D eigenvalue weighted by molar-refractivity contribution is -0.113. The van der Waals surface area contributed by atoms with Crippen LogP contribution in [0.5, 0.6) is 0 Å². The average Bonchev–Trinajstić information content (AvgIpc) is 3.16. The summed E-state index contributed by atoms with van der Waals surface area (Å²) in [6.45, 7) is 6.01. The second-order valence-electron chi connectivity index (χ2n) is 7.91. The quantitative estimate of drug-likeness (QED) is 0.784. The first-order valence-electron chi connectivity index (χ1n) is 9.86. The first-order chi connectivity index (χ1) is 14.2. The van der Waals surface area contributed by atoms with Crippen molar-refractivity contribution >= 4 is 44.0 Å². The van der Waals surface area contributed by atoms with Crippen LogP contribution in [0.2, 0.25) is 0 Å². The Labute approximate surface area is 181 Å². The second kappa shape index (κ2) is 8.07. The van der Waals surface area contributed by atoms with Crippen molar-refractivity contribution in [2.24, 2.45) is 4.99 Å². The van der Waals surface area contributed by atoms with Gasteiger partial charge in [-0.05, 0) is 50.1 Å². The zero-order valence-electron chi connectivity index (χ0n) is 17.3. The van der Waals surface area contributed by atoms with Crippen molar-refractivity contribution < 1.29 is 13.2 Å². The standard InChI is InChI=1S/C22H25N3O3S2/c1-14-7-9-17(10-8-14)25-20-13-30(27,28)12-19(20)24-22(25)29-11-21(26)23-18-6-4-5-15(2)16(18)3/h4-10,19-20H,11-13H2,1-3H3,(H,23,26)/t19-,20-/m1/s1. The van der Waals surface area contributed by atoms with E-state index in [4.69, 9.17) is 0 Å². The van der Waals surface area contributed by atoms with Gasteiger partial charge in [0.25, 0.3) is 0 Å². The maximum atomic E-state index is 12.6. The van der Waals surface area contributed by atoms with E-state index in [1.807, 2.05) is 68.1 Å². The topological polar surface area (TPSA) is 78.8 Å². The molecule has 0 aliphatic carbocycles. The number of thioether (sulfide) groups is 1. The molecule has 0 saturated carbocycles. The number of aryl methyl sites for hydroxylation is 2. The number of hydrogen-bond donors (Lipinski definition) is 1. The van der Waals surface area contributed by atoms with Crippen LogP contribution in [0.15, 0.2) is 47.5 Å². The molecule has 2 aliphatic heterocycles. The van der Waals surface area contributed by atoms with Gasteiger partial charge in [0.2, 0.25) is 5.91 Å². The first kappa shape index (κ1) is 20.9. The van der Waals surface area contributed by atoms with Gasteiger partial charge in [-0.1, -0.05) is 41.6 Å². The van der Waals surface area contributed by atoms with Gasteiger partial charge in [-0.25, -0.2) is 8.42 Å². The molecule has 6 nitrogen and oxygen atoms in total. The number of sulfone groups is 1. The Balaban J connectivity index is 1.51. The molecule has 0 bridgehead atoms. The third-order valence-corrected chi connectivity index (χ3v) is 8.30. The minimum Gasteiger partial charge on any atom is -0.325 e. The van der Waals surface area contributed by atoms with E-state index in [2.05, 4.69) is 10.3 Å². The van der Waals surface area contributed by atoms with E-state index in [9.17, 15) is 13.2 Å². The number of rotatable bonds is 4. The van der Waals surface area contributed by atoms with Gasteiger partial charge < -0.3 is 10.2 Å². The molecule has 0 unspecified atom stereocenters. The number of fused-ring (bicyclic) bond motifs is 1. The van der Waals surface area contributed by atoms with Crippen molar-refractivity contribution in [1.82, 2.24) is 0 Å². The lowest BCUT2D eigenvalue weighted by Crippen LogP contribution is -2.39. The molecule has 158 valence electrons. The molecular formula is C22H25N3O3S2. The number of amides is 1. The Bertz CT molecular complexity index is 1110. The largest absolute Gasteiger partial charge is 0.325 e. The van der Waals surface area contributed by atoms with E-state index < -0.39 is 9.84 Å². The van der Waals surface area contributed by atoms with Crippen molar-refractivity contribution in [1.29, 1.82) is 0 Å². The van der Waals surface area contributed by atoms with E-state index >= 15 is 0 Å². The molecule has 0 radical (unpaired) electrons. The molecule has 2 atom stereocenters. The van der Waals surface area contributed by atoms with Crippen molar-refractivity contribution in [3.63, 3.8) is 0 Å². The van der Waals surface area contributed by atoms with Crippen LogP contribution < -0.4 is 10.2 Å². The fourth-order valence-electron chi connectivity index (χ4n) is 3.84. The molecule has 1 N–H and O–H groups in total. The summed E-state index contributed by atoms with van der Waals surface area (Å²) in [5.41, 5.74) is 5.03. The molecule has 8 heteroatoms. The summed E-state index contributed by atoms with van der Waals surface area (Å²) in [5, 5.41) is 3.68. The Hall–Kier alpha value is -2.32. The van der Waals surface area contributed by atoms with Crippen molar-refractivity contribution in [2.45, 2.75) is 32.9 Å². The van der Waals surface area contributed by atoms with Gasteiger partial charge in [-0.2, -0.15) is 0 Å². The molecular weight excluding hydrogens is 418 g/mol. The summed E-state index contributed by atoms with van der Waals surface area (Å²) < 4.78 is 24.3. The molecule has 30 heavy (non-hydrogen) atoms. The number of benzene rings is 2. The lowest BCUT2D eigenvalue weighted by Gasteiger charge is -2.26. The van der Waals surface area contributed by atoms with Crippen LogP contribution in [0.4, 0.5) is 11.4 Å². The lowest BCUT2D eigenvalue weighted by atomic mass is 10.1. The number of carbonyl (C=O) groups is 1. The average molecular weight is 444 g/mol. The summed E-state index contributed by atoms with van der Waals surface area (Å²) in [4.78, 5) is 19.2. The van der Waals surface area contributed by atoms with E-state index in [0.717, 1.165) is 28.1 Å². The second-order valence-corrected chi connectivity index (χ2v) is 11.0. The predicted molar refractivity (Wildman–Crippen MR) is 124 cm³/mol. The first-order valence-corrected chi connectivity index (χ1v) is 12.7. The maximum absolute atomic E-state index is 12.6. The van der Waals surface area contributed by atoms with Gasteiger partial charge in [0, 0.05) is 11.4 Å². The van der Waals surface area contributed by atoms with Gasteiger partial charge in [0.15, 0.2) is 15.0 Å². The highest BCUT2D eigenvalue weighted by atomic mass is 32.2. The molecule has 2 aromatic carbocycles. The van der Waals surface area contributed by atoms with Crippen LogP contribution >= 0.6 is 11.8 Å². The van der Waals surface area contributed by atoms with Crippen molar-refractivity contribution in [3.8, 4) is 0 Å². The Morgan fingerprint density at radius 2 is 1.87 bits per heavy atom. The molecule has 1 saturated heterocycles. The molecule has 0 aromatic heterocycles. The number of aliphatic imine (C=N–C) groups is 1. The van der Waals surface area contributed by atoms with Gasteiger partial charge in [-0.3, -0.25) is 9.79 Å². The number of nitrogens with zero attached hydrogens (tertiary/aromatic N) is 2. The van der Waals surface area contributed by atoms with Crippen LogP contribution in [0.3, 0.4) is 0 Å². The summed E-state index contributed by atoms with van der Waals surface area (Å²) in [6.07, 6.45) is 0. The Morgan fingerprint density at radius 3 is 2.60 bits per heavy atom.